The SMILES string of the molecule is Nc1cc(-c2nc3ccc(F)cc3[nH]2)ccn1. The zero-order chi connectivity index (χ0) is 11.8. The molecule has 0 spiro atoms. The molecule has 0 saturated carbocycles. The first-order chi connectivity index (χ1) is 8.22. The van der Waals surface area contributed by atoms with Crippen molar-refractivity contribution in [3.63, 3.8) is 0 Å². The predicted molar refractivity (Wildman–Crippen MR) is 63.7 cm³/mol. The minimum atomic E-state index is -0.290. The highest BCUT2D eigenvalue weighted by atomic mass is 19.1. The van der Waals surface area contributed by atoms with E-state index in [1.807, 2.05) is 0 Å². The molecular weight excluding hydrogens is 219 g/mol. The number of fused-ring (bicyclic) bond motifs is 1. The molecule has 0 saturated heterocycles. The molecule has 0 unspecified atom stereocenters. The van der Waals surface area contributed by atoms with E-state index < -0.39 is 0 Å². The van der Waals surface area contributed by atoms with Crippen LogP contribution in [0, 0.1) is 5.82 Å². The van der Waals surface area contributed by atoms with Gasteiger partial charge in [0, 0.05) is 11.8 Å². The number of nitrogens with zero attached hydrogens (tertiary/aromatic N) is 2. The van der Waals surface area contributed by atoms with Gasteiger partial charge in [0.15, 0.2) is 0 Å². The van der Waals surface area contributed by atoms with Crippen molar-refractivity contribution in [1.29, 1.82) is 0 Å². The predicted octanol–water partition coefficient (Wildman–Crippen LogP) is 2.35. The second-order valence-corrected chi connectivity index (χ2v) is 3.72. The molecule has 5 heteroatoms. The Labute approximate surface area is 96.3 Å². The number of halogens is 1. The molecule has 4 nitrogen and oxygen atoms in total. The van der Waals surface area contributed by atoms with Crippen LogP contribution >= 0.6 is 0 Å². The van der Waals surface area contributed by atoms with E-state index in [0.717, 1.165) is 11.1 Å². The van der Waals surface area contributed by atoms with Crippen LogP contribution in [0.3, 0.4) is 0 Å². The van der Waals surface area contributed by atoms with Crippen molar-refractivity contribution in [2.24, 2.45) is 0 Å². The molecule has 3 aromatic rings. The van der Waals surface area contributed by atoms with Crippen LogP contribution < -0.4 is 5.73 Å². The van der Waals surface area contributed by atoms with E-state index in [2.05, 4.69) is 15.0 Å². The van der Waals surface area contributed by atoms with E-state index >= 15 is 0 Å². The molecule has 17 heavy (non-hydrogen) atoms. The lowest BCUT2D eigenvalue weighted by atomic mass is 10.2. The number of nitrogen functional groups attached to an aromatic ring is 1. The molecule has 0 aliphatic carbocycles. The average Bonchev–Trinajstić information content (AvgIpc) is 2.72. The molecular formula is C12H9FN4. The molecule has 0 atom stereocenters. The quantitative estimate of drug-likeness (QED) is 0.671. The summed E-state index contributed by atoms with van der Waals surface area (Å²) in [6.07, 6.45) is 1.61. The zero-order valence-corrected chi connectivity index (χ0v) is 8.81. The van der Waals surface area contributed by atoms with Gasteiger partial charge in [-0.25, -0.2) is 14.4 Å². The van der Waals surface area contributed by atoms with E-state index in [9.17, 15) is 4.39 Å². The van der Waals surface area contributed by atoms with Gasteiger partial charge in [-0.15, -0.1) is 0 Å². The first-order valence-electron chi connectivity index (χ1n) is 5.09. The Balaban J connectivity index is 2.18. The van der Waals surface area contributed by atoms with Gasteiger partial charge in [-0.1, -0.05) is 0 Å². The molecule has 0 aliphatic rings. The second-order valence-electron chi connectivity index (χ2n) is 3.72. The van der Waals surface area contributed by atoms with Crippen molar-refractivity contribution in [1.82, 2.24) is 15.0 Å². The number of H-pyrrole nitrogens is 1. The molecule has 2 aromatic heterocycles. The van der Waals surface area contributed by atoms with E-state index in [1.54, 1.807) is 24.4 Å². The summed E-state index contributed by atoms with van der Waals surface area (Å²) in [7, 11) is 0. The number of nitrogens with one attached hydrogen (secondary N) is 1. The Morgan fingerprint density at radius 2 is 2.06 bits per heavy atom. The third-order valence-electron chi connectivity index (χ3n) is 2.50. The van der Waals surface area contributed by atoms with Crippen molar-refractivity contribution in [3.05, 3.63) is 42.3 Å². The molecule has 0 radical (unpaired) electrons. The van der Waals surface area contributed by atoms with Gasteiger partial charge in [0.1, 0.15) is 17.5 Å². The average molecular weight is 228 g/mol. The highest BCUT2D eigenvalue weighted by Gasteiger charge is 2.06. The van der Waals surface area contributed by atoms with Gasteiger partial charge in [-0.3, -0.25) is 0 Å². The number of aromatic amines is 1. The minimum absolute atomic E-state index is 0.290. The summed E-state index contributed by atoms with van der Waals surface area (Å²) < 4.78 is 13.0. The van der Waals surface area contributed by atoms with Crippen molar-refractivity contribution in [2.75, 3.05) is 5.73 Å². The molecule has 1 aromatic carbocycles. The van der Waals surface area contributed by atoms with Crippen molar-refractivity contribution >= 4 is 16.9 Å². The molecule has 0 amide bonds. The highest BCUT2D eigenvalue weighted by molar-refractivity contribution is 5.79. The number of imidazole rings is 1. The van der Waals surface area contributed by atoms with Gasteiger partial charge in [-0.05, 0) is 30.3 Å². The molecule has 0 bridgehead atoms. The molecule has 2 heterocycles. The number of hydrogen-bond acceptors (Lipinski definition) is 3. The molecule has 84 valence electrons. The van der Waals surface area contributed by atoms with Gasteiger partial charge < -0.3 is 10.7 Å². The first kappa shape index (κ1) is 9.77. The van der Waals surface area contributed by atoms with Crippen LogP contribution in [-0.2, 0) is 0 Å². The maximum atomic E-state index is 13.0. The summed E-state index contributed by atoms with van der Waals surface area (Å²) in [6, 6.07) is 7.94. The lowest BCUT2D eigenvalue weighted by molar-refractivity contribution is 0.629. The van der Waals surface area contributed by atoms with Crippen molar-refractivity contribution in [3.8, 4) is 11.4 Å². The smallest absolute Gasteiger partial charge is 0.138 e. The van der Waals surface area contributed by atoms with Crippen LogP contribution in [0.1, 0.15) is 0 Å². The van der Waals surface area contributed by atoms with Crippen LogP contribution in [0.5, 0.6) is 0 Å². The van der Waals surface area contributed by atoms with Gasteiger partial charge in [0.2, 0.25) is 0 Å². The fraction of sp³-hybridized carbons (Fsp3) is 0. The maximum absolute atomic E-state index is 13.0. The number of benzene rings is 1. The Morgan fingerprint density at radius 1 is 1.18 bits per heavy atom. The number of pyridine rings is 1. The van der Waals surface area contributed by atoms with E-state index in [4.69, 9.17) is 5.73 Å². The van der Waals surface area contributed by atoms with Gasteiger partial charge in [0.05, 0.1) is 11.0 Å². The summed E-state index contributed by atoms with van der Waals surface area (Å²) >= 11 is 0. The van der Waals surface area contributed by atoms with Crippen LogP contribution in [0.4, 0.5) is 10.2 Å². The molecule has 3 rings (SSSR count). The fourth-order valence-electron chi connectivity index (χ4n) is 1.71. The lowest BCUT2D eigenvalue weighted by Gasteiger charge is -1.96. The largest absolute Gasteiger partial charge is 0.384 e. The van der Waals surface area contributed by atoms with Gasteiger partial charge in [-0.2, -0.15) is 0 Å². The third kappa shape index (κ3) is 1.71. The Bertz CT molecular complexity index is 690. The van der Waals surface area contributed by atoms with Gasteiger partial charge in [0.25, 0.3) is 0 Å². The van der Waals surface area contributed by atoms with Crippen molar-refractivity contribution < 1.29 is 4.39 Å². The minimum Gasteiger partial charge on any atom is -0.384 e. The topological polar surface area (TPSA) is 67.6 Å². The summed E-state index contributed by atoms with van der Waals surface area (Å²) in [5.74, 6) is 0.788. The standard InChI is InChI=1S/C12H9FN4/c13-8-1-2-9-10(6-8)17-12(16-9)7-3-4-15-11(14)5-7/h1-6H,(H2,14,15)(H,16,17). The third-order valence-corrected chi connectivity index (χ3v) is 2.50. The molecule has 3 N–H and O–H groups in total. The number of nitrogens with two attached hydrogens (primary N) is 1. The number of anilines is 1. The summed E-state index contributed by atoms with van der Waals surface area (Å²) in [4.78, 5) is 11.3. The number of hydrogen-bond donors (Lipinski definition) is 2. The summed E-state index contributed by atoms with van der Waals surface area (Å²) in [5.41, 5.74) is 7.81. The summed E-state index contributed by atoms with van der Waals surface area (Å²) in [5, 5.41) is 0. The molecule has 0 aliphatic heterocycles. The van der Waals surface area contributed by atoms with E-state index in [0.29, 0.717) is 17.2 Å². The monoisotopic (exact) mass is 228 g/mol. The van der Waals surface area contributed by atoms with E-state index in [-0.39, 0.29) is 5.82 Å². The Morgan fingerprint density at radius 3 is 2.88 bits per heavy atom. The lowest BCUT2D eigenvalue weighted by Crippen LogP contribution is -1.90. The van der Waals surface area contributed by atoms with Gasteiger partial charge >= 0.3 is 0 Å². The second kappa shape index (κ2) is 3.55. The Hall–Kier alpha value is -2.43. The maximum Gasteiger partial charge on any atom is 0.138 e. The number of rotatable bonds is 1. The van der Waals surface area contributed by atoms with Crippen LogP contribution in [0.25, 0.3) is 22.4 Å². The molecule has 0 fully saturated rings. The Kier molecular flexibility index (Phi) is 2.04. The summed E-state index contributed by atoms with van der Waals surface area (Å²) in [6.45, 7) is 0. The van der Waals surface area contributed by atoms with Crippen LogP contribution in [-0.4, -0.2) is 15.0 Å². The highest BCUT2D eigenvalue weighted by Crippen LogP contribution is 2.21. The van der Waals surface area contributed by atoms with Crippen LogP contribution in [0.2, 0.25) is 0 Å². The van der Waals surface area contributed by atoms with E-state index in [1.165, 1.54) is 12.1 Å². The first-order valence-corrected chi connectivity index (χ1v) is 5.09. The van der Waals surface area contributed by atoms with Crippen molar-refractivity contribution in [2.45, 2.75) is 0 Å². The zero-order valence-electron chi connectivity index (χ0n) is 8.81. The van der Waals surface area contributed by atoms with Crippen LogP contribution in [0.15, 0.2) is 36.5 Å². The number of aromatic nitrogens is 3. The fourth-order valence-corrected chi connectivity index (χ4v) is 1.71. The normalized spacial score (nSPS) is 10.9.